The van der Waals surface area contributed by atoms with Crippen molar-refractivity contribution in [3.63, 3.8) is 0 Å². The van der Waals surface area contributed by atoms with Crippen molar-refractivity contribution in [2.75, 3.05) is 24.2 Å². The first kappa shape index (κ1) is 23.2. The molecular weight excluding hydrogens is 440 g/mol. The largest absolute Gasteiger partial charge is 0.349 e. The van der Waals surface area contributed by atoms with Gasteiger partial charge in [-0.25, -0.2) is 15.0 Å². The smallest absolute Gasteiger partial charge is 0.256 e. The Morgan fingerprint density at radius 2 is 1.83 bits per heavy atom. The number of rotatable bonds is 6. The number of amides is 1. The Bertz CT molecular complexity index is 1250. The monoisotopic (exact) mass is 472 g/mol. The Morgan fingerprint density at radius 3 is 2.60 bits per heavy atom. The van der Waals surface area contributed by atoms with Crippen LogP contribution in [0, 0.1) is 0 Å². The molecule has 3 N–H and O–H groups in total. The van der Waals surface area contributed by atoms with E-state index in [1.807, 2.05) is 12.1 Å². The highest BCUT2D eigenvalue weighted by atomic mass is 16.1. The van der Waals surface area contributed by atoms with E-state index in [0.717, 1.165) is 43.7 Å². The fraction of sp³-hybridized carbons (Fsp3) is 0.423. The van der Waals surface area contributed by atoms with E-state index in [2.05, 4.69) is 80.7 Å². The SMILES string of the molecule is CN1CCc2ccc(Nc3ncc(C(=O)NC4CC4)c(Nc4nccc(C(C)(C)C)n4)n3)cc2C1. The van der Waals surface area contributed by atoms with Crippen molar-refractivity contribution in [2.24, 2.45) is 0 Å². The Labute approximate surface area is 205 Å². The summed E-state index contributed by atoms with van der Waals surface area (Å²) in [7, 11) is 2.13. The van der Waals surface area contributed by atoms with Gasteiger partial charge in [0.05, 0.1) is 5.69 Å². The van der Waals surface area contributed by atoms with Crippen LogP contribution in [-0.4, -0.2) is 50.4 Å². The first-order chi connectivity index (χ1) is 16.7. The maximum Gasteiger partial charge on any atom is 0.256 e. The van der Waals surface area contributed by atoms with Crippen molar-refractivity contribution >= 4 is 29.3 Å². The highest BCUT2D eigenvalue weighted by molar-refractivity contribution is 5.99. The molecule has 35 heavy (non-hydrogen) atoms. The molecule has 0 spiro atoms. The summed E-state index contributed by atoms with van der Waals surface area (Å²) in [6, 6.07) is 8.47. The van der Waals surface area contributed by atoms with Crippen LogP contribution >= 0.6 is 0 Å². The van der Waals surface area contributed by atoms with Crippen LogP contribution < -0.4 is 16.0 Å². The number of nitrogens with one attached hydrogen (secondary N) is 3. The van der Waals surface area contributed by atoms with Gasteiger partial charge in [0.25, 0.3) is 5.91 Å². The van der Waals surface area contributed by atoms with Crippen molar-refractivity contribution < 1.29 is 4.79 Å². The van der Waals surface area contributed by atoms with Gasteiger partial charge >= 0.3 is 0 Å². The number of anilines is 4. The molecule has 9 nitrogen and oxygen atoms in total. The summed E-state index contributed by atoms with van der Waals surface area (Å²) in [6.07, 6.45) is 6.31. The summed E-state index contributed by atoms with van der Waals surface area (Å²) in [4.78, 5) is 33.3. The van der Waals surface area contributed by atoms with Gasteiger partial charge in [0.2, 0.25) is 11.9 Å². The van der Waals surface area contributed by atoms with Crippen molar-refractivity contribution in [3.8, 4) is 0 Å². The number of aromatic nitrogens is 4. The summed E-state index contributed by atoms with van der Waals surface area (Å²) >= 11 is 0. The van der Waals surface area contributed by atoms with E-state index in [1.165, 1.54) is 11.1 Å². The maximum absolute atomic E-state index is 12.9. The Kier molecular flexibility index (Phi) is 6.10. The quantitative estimate of drug-likeness (QED) is 0.495. The van der Waals surface area contributed by atoms with Crippen LogP contribution in [0.5, 0.6) is 0 Å². The minimum Gasteiger partial charge on any atom is -0.349 e. The topological polar surface area (TPSA) is 108 Å². The molecule has 1 saturated carbocycles. The molecule has 1 aliphatic carbocycles. The van der Waals surface area contributed by atoms with Gasteiger partial charge in [-0.15, -0.1) is 0 Å². The molecule has 0 bridgehead atoms. The van der Waals surface area contributed by atoms with Gasteiger partial charge < -0.3 is 20.9 Å². The van der Waals surface area contributed by atoms with E-state index in [4.69, 9.17) is 0 Å². The molecule has 0 saturated heterocycles. The maximum atomic E-state index is 12.9. The minimum atomic E-state index is -0.203. The number of carbonyl (C=O) groups excluding carboxylic acids is 1. The average molecular weight is 473 g/mol. The normalized spacial score (nSPS) is 15.9. The molecular formula is C26H32N8O. The summed E-state index contributed by atoms with van der Waals surface area (Å²) in [6.45, 7) is 8.27. The van der Waals surface area contributed by atoms with Crippen molar-refractivity contribution in [1.82, 2.24) is 30.2 Å². The van der Waals surface area contributed by atoms with Gasteiger partial charge in [-0.1, -0.05) is 26.8 Å². The van der Waals surface area contributed by atoms with Crippen molar-refractivity contribution in [1.29, 1.82) is 0 Å². The summed E-state index contributed by atoms with van der Waals surface area (Å²) in [5.74, 6) is 0.945. The molecule has 0 unspecified atom stereocenters. The molecule has 3 heterocycles. The number of hydrogen-bond acceptors (Lipinski definition) is 8. The van der Waals surface area contributed by atoms with Crippen LogP contribution in [0.15, 0.2) is 36.7 Å². The van der Waals surface area contributed by atoms with Crippen molar-refractivity contribution in [2.45, 2.75) is 58.0 Å². The van der Waals surface area contributed by atoms with E-state index in [-0.39, 0.29) is 17.4 Å². The first-order valence-electron chi connectivity index (χ1n) is 12.1. The lowest BCUT2D eigenvalue weighted by molar-refractivity contribution is 0.0951. The zero-order valence-corrected chi connectivity index (χ0v) is 20.7. The molecule has 0 atom stereocenters. The number of benzene rings is 1. The molecule has 1 amide bonds. The Hall–Kier alpha value is -3.59. The Balaban J connectivity index is 1.43. The third-order valence-corrected chi connectivity index (χ3v) is 6.27. The second-order valence-corrected chi connectivity index (χ2v) is 10.4. The zero-order chi connectivity index (χ0) is 24.6. The standard InChI is InChI=1S/C26H32N8O/c1-26(2,3)21-9-11-27-24(31-21)32-22-20(23(35)29-18-7-8-18)14-28-25(33-22)30-19-6-5-16-10-12-34(4)15-17(16)13-19/h5-6,9,11,13-14,18H,7-8,10,12,15H2,1-4H3,(H,29,35)(H2,27,28,30,31,32,33). The summed E-state index contributed by atoms with van der Waals surface area (Å²) < 4.78 is 0. The van der Waals surface area contributed by atoms with Gasteiger partial charge in [0, 0.05) is 42.6 Å². The number of nitrogens with zero attached hydrogens (tertiary/aromatic N) is 5. The van der Waals surface area contributed by atoms with E-state index in [1.54, 1.807) is 12.4 Å². The highest BCUT2D eigenvalue weighted by Crippen LogP contribution is 2.26. The van der Waals surface area contributed by atoms with Crippen molar-refractivity contribution in [3.05, 3.63) is 59.0 Å². The molecule has 3 aromatic rings. The fourth-order valence-corrected chi connectivity index (χ4v) is 4.04. The molecule has 1 aromatic carbocycles. The van der Waals surface area contributed by atoms with E-state index in [0.29, 0.717) is 23.3 Å². The van der Waals surface area contributed by atoms with Crippen LogP contribution in [0.3, 0.4) is 0 Å². The van der Waals surface area contributed by atoms with E-state index < -0.39 is 0 Å². The van der Waals surface area contributed by atoms with E-state index >= 15 is 0 Å². The molecule has 9 heteroatoms. The predicted molar refractivity (Wildman–Crippen MR) is 136 cm³/mol. The number of hydrogen-bond donors (Lipinski definition) is 3. The van der Waals surface area contributed by atoms with Crippen LogP contribution in [-0.2, 0) is 18.4 Å². The Morgan fingerprint density at radius 1 is 1.03 bits per heavy atom. The van der Waals surface area contributed by atoms with Crippen LogP contribution in [0.4, 0.5) is 23.4 Å². The van der Waals surface area contributed by atoms with Crippen LogP contribution in [0.1, 0.15) is 60.8 Å². The molecule has 1 aliphatic heterocycles. The highest BCUT2D eigenvalue weighted by Gasteiger charge is 2.26. The molecule has 0 radical (unpaired) electrons. The number of likely N-dealkylation sites (N-methyl/N-ethyl adjacent to an activating group) is 1. The van der Waals surface area contributed by atoms with Crippen LogP contribution in [0.25, 0.3) is 0 Å². The van der Waals surface area contributed by atoms with Gasteiger partial charge in [-0.3, -0.25) is 4.79 Å². The third-order valence-electron chi connectivity index (χ3n) is 6.27. The second-order valence-electron chi connectivity index (χ2n) is 10.4. The third kappa shape index (κ3) is 5.57. The average Bonchev–Trinajstić information content (AvgIpc) is 3.62. The minimum absolute atomic E-state index is 0.134. The van der Waals surface area contributed by atoms with Gasteiger partial charge in [-0.05, 0) is 55.6 Å². The lowest BCUT2D eigenvalue weighted by atomic mass is 9.92. The molecule has 1 fully saturated rings. The number of carbonyl (C=O) groups is 1. The summed E-state index contributed by atoms with van der Waals surface area (Å²) in [5.41, 5.74) is 4.70. The summed E-state index contributed by atoms with van der Waals surface area (Å²) in [5, 5.41) is 9.47. The molecule has 5 rings (SSSR count). The number of fused-ring (bicyclic) bond motifs is 1. The molecule has 2 aromatic heterocycles. The molecule has 2 aliphatic rings. The van der Waals surface area contributed by atoms with Crippen LogP contribution in [0.2, 0.25) is 0 Å². The second kappa shape index (κ2) is 9.22. The van der Waals surface area contributed by atoms with Gasteiger partial charge in [0.1, 0.15) is 5.56 Å². The predicted octanol–water partition coefficient (Wildman–Crippen LogP) is 3.93. The lowest BCUT2D eigenvalue weighted by Crippen LogP contribution is -2.27. The molecule has 182 valence electrons. The van der Waals surface area contributed by atoms with E-state index in [9.17, 15) is 4.79 Å². The lowest BCUT2D eigenvalue weighted by Gasteiger charge is -2.25. The van der Waals surface area contributed by atoms with Gasteiger partial charge in [0.15, 0.2) is 5.82 Å². The fourth-order valence-electron chi connectivity index (χ4n) is 4.04. The first-order valence-corrected chi connectivity index (χ1v) is 12.1. The van der Waals surface area contributed by atoms with Gasteiger partial charge in [-0.2, -0.15) is 4.98 Å². The zero-order valence-electron chi connectivity index (χ0n) is 20.7.